The van der Waals surface area contributed by atoms with E-state index in [1.807, 2.05) is 13.8 Å². The van der Waals surface area contributed by atoms with Gasteiger partial charge in [-0.2, -0.15) is 0 Å². The Labute approximate surface area is 111 Å². The average molecular weight is 260 g/mol. The lowest BCUT2D eigenvalue weighted by Gasteiger charge is -2.20. The van der Waals surface area contributed by atoms with Gasteiger partial charge in [-0.3, -0.25) is 0 Å². The summed E-state index contributed by atoms with van der Waals surface area (Å²) in [5.41, 5.74) is 0. The van der Waals surface area contributed by atoms with E-state index < -0.39 is 0 Å². The molecular formula is C14H28O4. The van der Waals surface area contributed by atoms with E-state index in [0.717, 1.165) is 12.8 Å². The van der Waals surface area contributed by atoms with Gasteiger partial charge in [0.05, 0.1) is 12.2 Å². The van der Waals surface area contributed by atoms with E-state index in [1.165, 1.54) is 25.7 Å². The molecular weight excluding hydrogens is 232 g/mol. The first-order valence-corrected chi connectivity index (χ1v) is 7.17. The van der Waals surface area contributed by atoms with Gasteiger partial charge in [0, 0.05) is 13.5 Å². The van der Waals surface area contributed by atoms with Crippen molar-refractivity contribution in [1.82, 2.24) is 0 Å². The van der Waals surface area contributed by atoms with Gasteiger partial charge in [-0.15, -0.1) is 0 Å². The minimum Gasteiger partial charge on any atom is -0.356 e. The Morgan fingerprint density at radius 3 is 2.61 bits per heavy atom. The summed E-state index contributed by atoms with van der Waals surface area (Å²) < 4.78 is 10.7. The Kier molecular flexibility index (Phi) is 7.82. The monoisotopic (exact) mass is 260 g/mol. The lowest BCUT2D eigenvalue weighted by Crippen LogP contribution is -2.30. The quantitative estimate of drug-likeness (QED) is 0.361. The molecule has 1 rings (SSSR count). The van der Waals surface area contributed by atoms with Gasteiger partial charge < -0.3 is 9.47 Å². The fourth-order valence-corrected chi connectivity index (χ4v) is 2.17. The molecule has 1 aliphatic rings. The first-order valence-electron chi connectivity index (χ1n) is 7.17. The van der Waals surface area contributed by atoms with Crippen LogP contribution in [0.15, 0.2) is 0 Å². The molecule has 0 saturated carbocycles. The van der Waals surface area contributed by atoms with Crippen molar-refractivity contribution in [3.8, 4) is 0 Å². The third-order valence-electron chi connectivity index (χ3n) is 3.45. The molecule has 0 amide bonds. The smallest absolute Gasteiger partial charge is 0.154 e. The van der Waals surface area contributed by atoms with E-state index in [1.54, 1.807) is 7.11 Å². The van der Waals surface area contributed by atoms with Crippen molar-refractivity contribution >= 4 is 0 Å². The van der Waals surface area contributed by atoms with Crippen LogP contribution in [0.1, 0.15) is 59.3 Å². The molecule has 4 atom stereocenters. The zero-order chi connectivity index (χ0) is 13.4. The zero-order valence-electron chi connectivity index (χ0n) is 12.2. The van der Waals surface area contributed by atoms with Gasteiger partial charge in [0.1, 0.15) is 6.10 Å². The van der Waals surface area contributed by atoms with Crippen LogP contribution >= 0.6 is 0 Å². The fraction of sp³-hybridized carbons (Fsp3) is 1.00. The Bertz CT molecular complexity index is 210. The normalized spacial score (nSPS) is 27.3. The molecule has 1 fully saturated rings. The lowest BCUT2D eigenvalue weighted by molar-refractivity contribution is -0.315. The highest BCUT2D eigenvalue weighted by atomic mass is 17.2. The lowest BCUT2D eigenvalue weighted by atomic mass is 10.0. The Hall–Kier alpha value is -0.160. The maximum atomic E-state index is 5.65. The molecule has 4 heteroatoms. The summed E-state index contributed by atoms with van der Waals surface area (Å²) in [6, 6.07) is 0. The molecule has 0 aromatic carbocycles. The molecule has 0 aromatic heterocycles. The van der Waals surface area contributed by atoms with Gasteiger partial charge in [-0.25, -0.2) is 9.78 Å². The molecule has 1 saturated heterocycles. The van der Waals surface area contributed by atoms with Crippen molar-refractivity contribution in [3.05, 3.63) is 0 Å². The van der Waals surface area contributed by atoms with Crippen LogP contribution in [0.4, 0.5) is 0 Å². The van der Waals surface area contributed by atoms with Crippen LogP contribution in [0.5, 0.6) is 0 Å². The van der Waals surface area contributed by atoms with Crippen LogP contribution in [0, 0.1) is 0 Å². The molecule has 0 spiro atoms. The van der Waals surface area contributed by atoms with Gasteiger partial charge in [0.25, 0.3) is 0 Å². The molecule has 0 aromatic rings. The summed E-state index contributed by atoms with van der Waals surface area (Å²) in [5.74, 6) is 0. The second-order valence-corrected chi connectivity index (χ2v) is 5.08. The summed E-state index contributed by atoms with van der Waals surface area (Å²) in [6.07, 6.45) is 7.15. The maximum Gasteiger partial charge on any atom is 0.154 e. The largest absolute Gasteiger partial charge is 0.356 e. The second kappa shape index (κ2) is 8.86. The van der Waals surface area contributed by atoms with E-state index in [2.05, 4.69) is 6.92 Å². The number of unbranched alkanes of at least 4 members (excludes halogenated alkanes) is 3. The Balaban J connectivity index is 2.15. The first kappa shape index (κ1) is 15.9. The number of methoxy groups -OCH3 is 1. The van der Waals surface area contributed by atoms with Crippen LogP contribution in [-0.4, -0.2) is 31.7 Å². The van der Waals surface area contributed by atoms with Crippen LogP contribution in [-0.2, 0) is 19.2 Å². The molecule has 1 heterocycles. The van der Waals surface area contributed by atoms with Crippen molar-refractivity contribution in [1.29, 1.82) is 0 Å². The molecule has 0 bridgehead atoms. The highest BCUT2D eigenvalue weighted by molar-refractivity contribution is 4.74. The van der Waals surface area contributed by atoms with E-state index >= 15 is 0 Å². The van der Waals surface area contributed by atoms with Crippen LogP contribution in [0.2, 0.25) is 0 Å². The van der Waals surface area contributed by atoms with Crippen molar-refractivity contribution < 1.29 is 19.2 Å². The topological polar surface area (TPSA) is 36.9 Å². The molecule has 1 aliphatic heterocycles. The number of hydrogen-bond acceptors (Lipinski definition) is 4. The molecule has 108 valence electrons. The summed E-state index contributed by atoms with van der Waals surface area (Å²) in [6.45, 7) is 6.11. The van der Waals surface area contributed by atoms with Crippen LogP contribution in [0.3, 0.4) is 0 Å². The van der Waals surface area contributed by atoms with Crippen molar-refractivity contribution in [2.24, 2.45) is 0 Å². The van der Waals surface area contributed by atoms with E-state index in [4.69, 9.17) is 19.2 Å². The summed E-state index contributed by atoms with van der Waals surface area (Å²) >= 11 is 0. The average Bonchev–Trinajstić information content (AvgIpc) is 2.83. The van der Waals surface area contributed by atoms with E-state index in [9.17, 15) is 0 Å². The molecule has 4 unspecified atom stereocenters. The van der Waals surface area contributed by atoms with Gasteiger partial charge in [-0.1, -0.05) is 32.6 Å². The van der Waals surface area contributed by atoms with Crippen LogP contribution < -0.4 is 0 Å². The SMILES string of the molecule is CCCCCCC1CC(C(C)OC(C)OC)OO1. The molecule has 18 heavy (non-hydrogen) atoms. The molecule has 0 radical (unpaired) electrons. The van der Waals surface area contributed by atoms with E-state index in [-0.39, 0.29) is 24.6 Å². The second-order valence-electron chi connectivity index (χ2n) is 5.08. The molecule has 4 nitrogen and oxygen atoms in total. The number of hydrogen-bond donors (Lipinski definition) is 0. The highest BCUT2D eigenvalue weighted by Gasteiger charge is 2.32. The number of ether oxygens (including phenoxy) is 2. The number of rotatable bonds is 9. The van der Waals surface area contributed by atoms with Gasteiger partial charge in [-0.05, 0) is 20.3 Å². The summed E-state index contributed by atoms with van der Waals surface area (Å²) in [4.78, 5) is 10.7. The Morgan fingerprint density at radius 2 is 1.94 bits per heavy atom. The molecule has 0 N–H and O–H groups in total. The Morgan fingerprint density at radius 1 is 1.17 bits per heavy atom. The van der Waals surface area contributed by atoms with Gasteiger partial charge >= 0.3 is 0 Å². The third kappa shape index (κ3) is 5.65. The predicted octanol–water partition coefficient (Wildman–Crippen LogP) is 3.44. The maximum absolute atomic E-state index is 5.65. The van der Waals surface area contributed by atoms with Crippen molar-refractivity contribution in [3.63, 3.8) is 0 Å². The third-order valence-corrected chi connectivity index (χ3v) is 3.45. The highest BCUT2D eigenvalue weighted by Crippen LogP contribution is 2.25. The molecule has 0 aliphatic carbocycles. The van der Waals surface area contributed by atoms with E-state index in [0.29, 0.717) is 0 Å². The minimum atomic E-state index is -0.202. The van der Waals surface area contributed by atoms with Crippen molar-refractivity contribution in [2.75, 3.05) is 7.11 Å². The standard InChI is InChI=1S/C14H28O4/c1-5-6-7-8-9-13-10-14(18-17-13)11(2)16-12(3)15-4/h11-14H,5-10H2,1-4H3. The minimum absolute atomic E-state index is 0.000548. The summed E-state index contributed by atoms with van der Waals surface area (Å²) in [5, 5.41) is 0. The fourth-order valence-electron chi connectivity index (χ4n) is 2.17. The van der Waals surface area contributed by atoms with Crippen molar-refractivity contribution in [2.45, 2.75) is 83.9 Å². The predicted molar refractivity (Wildman–Crippen MR) is 70.1 cm³/mol. The first-order chi connectivity index (χ1) is 8.67. The van der Waals surface area contributed by atoms with Gasteiger partial charge in [0.15, 0.2) is 6.29 Å². The zero-order valence-corrected chi connectivity index (χ0v) is 12.2. The van der Waals surface area contributed by atoms with Crippen LogP contribution in [0.25, 0.3) is 0 Å². The summed E-state index contributed by atoms with van der Waals surface area (Å²) in [7, 11) is 1.64. The van der Waals surface area contributed by atoms with Gasteiger partial charge in [0.2, 0.25) is 0 Å².